The molecule has 14 aromatic rings. The largest absolute Gasteiger partial charge is 0.309 e. The van der Waals surface area contributed by atoms with Crippen molar-refractivity contribution < 1.29 is 0 Å². The minimum atomic E-state index is -0.550. The number of hydrogen-bond acceptors (Lipinski definition) is 0. The van der Waals surface area contributed by atoms with Crippen LogP contribution in [-0.2, 0) is 10.8 Å². The summed E-state index contributed by atoms with van der Waals surface area (Å²) in [7, 11) is 0. The van der Waals surface area contributed by atoms with Crippen molar-refractivity contribution in [1.29, 1.82) is 0 Å². The lowest BCUT2D eigenvalue weighted by molar-refractivity contribution is 0.769. The van der Waals surface area contributed by atoms with Gasteiger partial charge in [0.05, 0.1) is 32.9 Å². The topological polar surface area (TPSA) is 9.86 Å². The normalized spacial score (nSPS) is 13.5. The molecule has 2 heterocycles. The van der Waals surface area contributed by atoms with Gasteiger partial charge in [-0.15, -0.1) is 0 Å². The zero-order valence-corrected chi connectivity index (χ0v) is 43.6. The van der Waals surface area contributed by atoms with Crippen LogP contribution in [0.25, 0.3) is 88.4 Å². The molecule has 16 rings (SSSR count). The van der Waals surface area contributed by atoms with Gasteiger partial charge >= 0.3 is 0 Å². The fourth-order valence-corrected chi connectivity index (χ4v) is 14.1. The minimum Gasteiger partial charge on any atom is -0.309 e. The lowest BCUT2D eigenvalue weighted by Crippen LogP contribution is -2.28. The Hall–Kier alpha value is -9.76. The van der Waals surface area contributed by atoms with E-state index in [0.29, 0.717) is 0 Å². The van der Waals surface area contributed by atoms with Crippen molar-refractivity contribution in [2.75, 3.05) is 0 Å². The van der Waals surface area contributed by atoms with Gasteiger partial charge in [0, 0.05) is 32.9 Å². The summed E-state index contributed by atoms with van der Waals surface area (Å²) in [5.74, 6) is 0. The van der Waals surface area contributed by atoms with E-state index >= 15 is 0 Å². The fraction of sp³-hybridized carbons (Fsp3) is 0.0526. The predicted molar refractivity (Wildman–Crippen MR) is 327 cm³/mol. The van der Waals surface area contributed by atoms with E-state index in [4.69, 9.17) is 0 Å². The van der Waals surface area contributed by atoms with Crippen LogP contribution >= 0.6 is 0 Å². The summed E-state index contributed by atoms with van der Waals surface area (Å²) < 4.78 is 4.96. The Morgan fingerprint density at radius 1 is 0.244 bits per heavy atom. The van der Waals surface area contributed by atoms with Gasteiger partial charge in [-0.25, -0.2) is 0 Å². The lowest BCUT2D eigenvalue weighted by Gasteiger charge is -2.34. The number of hydrogen-bond donors (Lipinski definition) is 0. The van der Waals surface area contributed by atoms with E-state index in [-0.39, 0.29) is 0 Å². The first-order valence-electron chi connectivity index (χ1n) is 27.5. The summed E-state index contributed by atoms with van der Waals surface area (Å²) in [6, 6.07) is 109. The van der Waals surface area contributed by atoms with Gasteiger partial charge in [-0.2, -0.15) is 0 Å². The molecule has 0 fully saturated rings. The Bertz CT molecular complexity index is 4330. The van der Waals surface area contributed by atoms with Crippen molar-refractivity contribution in [3.8, 4) is 44.8 Å². The molecule has 2 heteroatoms. The number of fused-ring (bicyclic) bond motifs is 12. The molecule has 0 saturated carbocycles. The molecule has 0 saturated heterocycles. The molecule has 0 bridgehead atoms. The molecular weight excluding hydrogens is 941 g/mol. The fourth-order valence-electron chi connectivity index (χ4n) is 14.1. The first-order valence-corrected chi connectivity index (χ1v) is 27.5. The van der Waals surface area contributed by atoms with Crippen LogP contribution in [0.4, 0.5) is 0 Å². The molecule has 0 amide bonds. The lowest BCUT2D eigenvalue weighted by atomic mass is 9.67. The Morgan fingerprint density at radius 2 is 0.615 bits per heavy atom. The van der Waals surface area contributed by atoms with Crippen LogP contribution in [-0.4, -0.2) is 9.13 Å². The van der Waals surface area contributed by atoms with E-state index < -0.39 is 10.8 Å². The van der Waals surface area contributed by atoms with Crippen LogP contribution in [0.2, 0.25) is 0 Å². The molecule has 2 aliphatic carbocycles. The van der Waals surface area contributed by atoms with Gasteiger partial charge in [0.1, 0.15) is 0 Å². The molecule has 2 aliphatic rings. The van der Waals surface area contributed by atoms with Crippen LogP contribution in [0.15, 0.2) is 291 Å². The van der Waals surface area contributed by atoms with Crippen molar-refractivity contribution in [3.63, 3.8) is 0 Å². The molecule has 12 aromatic carbocycles. The average molecular weight is 995 g/mol. The number of aromatic nitrogens is 2. The molecule has 0 spiro atoms. The molecule has 368 valence electrons. The maximum atomic E-state index is 2.56. The second-order valence-electron chi connectivity index (χ2n) is 20.6. The molecule has 0 unspecified atom stereocenters. The number of nitrogens with zero attached hydrogens (tertiary/aromatic N) is 2. The highest BCUT2D eigenvalue weighted by Crippen LogP contribution is 2.58. The SMILES string of the molecule is CC.c1ccc(-n2c3ccccc3c3c(-c4ccc(-n5c6cc(C7(c8ccccc8)c8ccccc8-c8ccccc87)ccc6c6ccc(C7(c8ccccc8)c8ccccc8-c8ccccc87)cc65)cc4)cccc32)cc1. The highest BCUT2D eigenvalue weighted by atomic mass is 15.0. The van der Waals surface area contributed by atoms with Crippen LogP contribution in [0.5, 0.6) is 0 Å². The smallest absolute Gasteiger partial charge is 0.0714 e. The van der Waals surface area contributed by atoms with Crippen molar-refractivity contribution in [1.82, 2.24) is 9.13 Å². The van der Waals surface area contributed by atoms with E-state index in [9.17, 15) is 0 Å². The molecule has 2 nitrogen and oxygen atoms in total. The van der Waals surface area contributed by atoms with E-state index in [1.54, 1.807) is 0 Å². The Kier molecular flexibility index (Phi) is 10.5. The standard InChI is InChI=1S/C74H48N2.C2H6/c1-4-21-50(22-5-1)73(64-33-15-10-27-57(64)58-28-11-16-34-65(58)73)52-41-45-61-62-46-42-53(74(51-23-6-2-7-24-51)66-35-17-12-29-59(66)60-30-13-18-36-67(60)74)48-71(62)76(70(61)47-52)55-43-39-49(40-44-55)56-32-20-38-69-72(56)63-31-14-19-37-68(63)75(69)54-25-8-3-9-26-54;1-2/h1-48H;1-2H3. The van der Waals surface area contributed by atoms with Crippen molar-refractivity contribution >= 4 is 43.6 Å². The molecule has 0 atom stereocenters. The third kappa shape index (κ3) is 6.32. The van der Waals surface area contributed by atoms with Gasteiger partial charge in [-0.1, -0.05) is 257 Å². The highest BCUT2D eigenvalue weighted by molar-refractivity contribution is 6.16. The van der Waals surface area contributed by atoms with E-state index in [1.165, 1.54) is 122 Å². The Morgan fingerprint density at radius 3 is 1.10 bits per heavy atom. The van der Waals surface area contributed by atoms with Gasteiger partial charge in [-0.05, 0) is 126 Å². The third-order valence-electron chi connectivity index (χ3n) is 17.1. The van der Waals surface area contributed by atoms with E-state index in [2.05, 4.69) is 300 Å². The summed E-state index contributed by atoms with van der Waals surface area (Å²) in [4.78, 5) is 0. The predicted octanol–water partition coefficient (Wildman–Crippen LogP) is 19.3. The molecule has 0 aliphatic heterocycles. The first kappa shape index (κ1) is 45.6. The molecule has 78 heavy (non-hydrogen) atoms. The monoisotopic (exact) mass is 994 g/mol. The second-order valence-corrected chi connectivity index (χ2v) is 20.6. The maximum absolute atomic E-state index is 2.56. The molecule has 2 aromatic heterocycles. The number of rotatable bonds is 7. The first-order chi connectivity index (χ1) is 38.7. The summed E-state index contributed by atoms with van der Waals surface area (Å²) in [5, 5.41) is 4.94. The zero-order chi connectivity index (χ0) is 52.0. The van der Waals surface area contributed by atoms with Crippen molar-refractivity contribution in [2.45, 2.75) is 24.7 Å². The summed E-state index contributed by atoms with van der Waals surface area (Å²) in [6.07, 6.45) is 0. The van der Waals surface area contributed by atoms with E-state index in [0.717, 1.165) is 11.4 Å². The Labute approximate surface area is 455 Å². The zero-order valence-electron chi connectivity index (χ0n) is 43.6. The van der Waals surface area contributed by atoms with Crippen LogP contribution in [0.1, 0.15) is 58.4 Å². The summed E-state index contributed by atoms with van der Waals surface area (Å²) in [5.41, 5.74) is 23.7. The van der Waals surface area contributed by atoms with Crippen LogP contribution in [0.3, 0.4) is 0 Å². The van der Waals surface area contributed by atoms with E-state index in [1.807, 2.05) is 13.8 Å². The van der Waals surface area contributed by atoms with Crippen LogP contribution in [0, 0.1) is 0 Å². The molecular formula is C76H54N2. The van der Waals surface area contributed by atoms with Crippen molar-refractivity contribution in [3.05, 3.63) is 336 Å². The van der Waals surface area contributed by atoms with Gasteiger partial charge < -0.3 is 9.13 Å². The third-order valence-corrected chi connectivity index (χ3v) is 17.1. The quantitative estimate of drug-likeness (QED) is 0.151. The van der Waals surface area contributed by atoms with Crippen LogP contribution < -0.4 is 0 Å². The average Bonchev–Trinajstić information content (AvgIpc) is 4.40. The number of benzene rings is 12. The minimum absolute atomic E-state index is 0.550. The van der Waals surface area contributed by atoms with Crippen molar-refractivity contribution in [2.24, 2.45) is 0 Å². The molecule has 0 radical (unpaired) electrons. The van der Waals surface area contributed by atoms with Gasteiger partial charge in [0.15, 0.2) is 0 Å². The summed E-state index contributed by atoms with van der Waals surface area (Å²) >= 11 is 0. The highest BCUT2D eigenvalue weighted by Gasteiger charge is 2.48. The second kappa shape index (κ2) is 17.9. The van der Waals surface area contributed by atoms with Gasteiger partial charge in [0.25, 0.3) is 0 Å². The molecule has 0 N–H and O–H groups in total. The van der Waals surface area contributed by atoms with Gasteiger partial charge in [0.2, 0.25) is 0 Å². The Balaban J connectivity index is 0.00000262. The van der Waals surface area contributed by atoms with Gasteiger partial charge in [-0.3, -0.25) is 0 Å². The maximum Gasteiger partial charge on any atom is 0.0714 e. The summed E-state index contributed by atoms with van der Waals surface area (Å²) in [6.45, 7) is 4.00. The number of para-hydroxylation sites is 2.